The van der Waals surface area contributed by atoms with Crippen LogP contribution in [-0.2, 0) is 5.88 Å². The molecule has 0 N–H and O–H groups in total. The average Bonchev–Trinajstić information content (AvgIpc) is 2.34. The summed E-state index contributed by atoms with van der Waals surface area (Å²) in [7, 11) is 0. The molecule has 2 aromatic carbocycles. The first-order chi connectivity index (χ1) is 8.19. The van der Waals surface area contributed by atoms with E-state index >= 15 is 0 Å². The maximum Gasteiger partial charge on any atom is 0.130 e. The van der Waals surface area contributed by atoms with Crippen LogP contribution in [0.25, 0.3) is 0 Å². The summed E-state index contributed by atoms with van der Waals surface area (Å²) in [5, 5.41) is 0. The molecule has 0 amide bonds. The Morgan fingerprint density at radius 2 is 1.82 bits per heavy atom. The second-order valence-electron chi connectivity index (χ2n) is 3.79. The molecule has 2 rings (SSSR count). The van der Waals surface area contributed by atoms with Crippen LogP contribution in [0.1, 0.15) is 11.1 Å². The van der Waals surface area contributed by atoms with Crippen LogP contribution in [0.15, 0.2) is 42.5 Å². The minimum atomic E-state index is -0.272. The summed E-state index contributed by atoms with van der Waals surface area (Å²) < 4.78 is 18.4. The zero-order valence-corrected chi connectivity index (χ0v) is 10.2. The summed E-state index contributed by atoms with van der Waals surface area (Å²) in [6, 6.07) is 11.7. The highest BCUT2D eigenvalue weighted by Gasteiger charge is 2.02. The highest BCUT2D eigenvalue weighted by atomic mass is 35.5. The second-order valence-corrected chi connectivity index (χ2v) is 4.06. The number of halogens is 2. The lowest BCUT2D eigenvalue weighted by Crippen LogP contribution is -1.89. The van der Waals surface area contributed by atoms with Crippen LogP contribution in [0.4, 0.5) is 4.39 Å². The predicted octanol–water partition coefficient (Wildman–Crippen LogP) is 4.67. The van der Waals surface area contributed by atoms with Gasteiger partial charge in [-0.15, -0.1) is 11.6 Å². The normalized spacial score (nSPS) is 10.3. The van der Waals surface area contributed by atoms with Crippen molar-refractivity contribution >= 4 is 11.6 Å². The Balaban J connectivity index is 2.21. The first-order valence-corrected chi connectivity index (χ1v) is 5.81. The van der Waals surface area contributed by atoms with Crippen LogP contribution in [0.5, 0.6) is 11.5 Å². The van der Waals surface area contributed by atoms with Crippen molar-refractivity contribution in [3.05, 3.63) is 59.4 Å². The maximum absolute atomic E-state index is 12.7. The lowest BCUT2D eigenvalue weighted by atomic mass is 10.1. The Labute approximate surface area is 105 Å². The first kappa shape index (κ1) is 11.9. The molecule has 0 atom stereocenters. The molecule has 17 heavy (non-hydrogen) atoms. The average molecular weight is 251 g/mol. The van der Waals surface area contributed by atoms with Crippen molar-refractivity contribution in [2.45, 2.75) is 12.8 Å². The van der Waals surface area contributed by atoms with E-state index in [1.807, 2.05) is 25.1 Å². The molecule has 1 nitrogen and oxygen atoms in total. The predicted molar refractivity (Wildman–Crippen MR) is 67.2 cm³/mol. The SMILES string of the molecule is Cc1cc(CCl)ccc1Oc1ccc(F)cc1. The highest BCUT2D eigenvalue weighted by molar-refractivity contribution is 6.17. The van der Waals surface area contributed by atoms with Gasteiger partial charge >= 0.3 is 0 Å². The number of aryl methyl sites for hydroxylation is 1. The Morgan fingerprint density at radius 3 is 2.41 bits per heavy atom. The van der Waals surface area contributed by atoms with Gasteiger partial charge in [0.25, 0.3) is 0 Å². The van der Waals surface area contributed by atoms with E-state index < -0.39 is 0 Å². The first-order valence-electron chi connectivity index (χ1n) is 5.28. The Kier molecular flexibility index (Phi) is 3.64. The van der Waals surface area contributed by atoms with Gasteiger partial charge in [-0.2, -0.15) is 0 Å². The van der Waals surface area contributed by atoms with Gasteiger partial charge in [0.05, 0.1) is 0 Å². The molecule has 0 aliphatic rings. The van der Waals surface area contributed by atoms with Gasteiger partial charge < -0.3 is 4.74 Å². The van der Waals surface area contributed by atoms with Gasteiger partial charge in [-0.25, -0.2) is 4.39 Å². The van der Waals surface area contributed by atoms with E-state index in [4.69, 9.17) is 16.3 Å². The van der Waals surface area contributed by atoms with Gasteiger partial charge in [0.1, 0.15) is 17.3 Å². The molecule has 88 valence electrons. The van der Waals surface area contributed by atoms with Crippen molar-refractivity contribution in [1.29, 1.82) is 0 Å². The van der Waals surface area contributed by atoms with Crippen LogP contribution in [0, 0.1) is 12.7 Å². The lowest BCUT2D eigenvalue weighted by molar-refractivity contribution is 0.477. The van der Waals surface area contributed by atoms with Crippen molar-refractivity contribution in [3.8, 4) is 11.5 Å². The van der Waals surface area contributed by atoms with Crippen LogP contribution >= 0.6 is 11.6 Å². The van der Waals surface area contributed by atoms with Crippen LogP contribution in [0.3, 0.4) is 0 Å². The molecule has 0 radical (unpaired) electrons. The van der Waals surface area contributed by atoms with E-state index in [0.29, 0.717) is 11.6 Å². The molecule has 0 bridgehead atoms. The Bertz CT molecular complexity index is 508. The van der Waals surface area contributed by atoms with Crippen LogP contribution in [0.2, 0.25) is 0 Å². The smallest absolute Gasteiger partial charge is 0.130 e. The molecule has 0 aliphatic carbocycles. The van der Waals surface area contributed by atoms with Crippen LogP contribution in [-0.4, -0.2) is 0 Å². The standard InChI is InChI=1S/C14H12ClFO/c1-10-8-11(9-15)2-7-14(10)17-13-5-3-12(16)4-6-13/h2-8H,9H2,1H3. The number of alkyl halides is 1. The lowest BCUT2D eigenvalue weighted by Gasteiger charge is -2.09. The van der Waals surface area contributed by atoms with E-state index in [2.05, 4.69) is 0 Å². The Hall–Kier alpha value is -1.54. The fraction of sp³-hybridized carbons (Fsp3) is 0.143. The third-order valence-corrected chi connectivity index (χ3v) is 2.74. The molecular weight excluding hydrogens is 239 g/mol. The topological polar surface area (TPSA) is 9.23 Å². The Morgan fingerprint density at radius 1 is 1.12 bits per heavy atom. The second kappa shape index (κ2) is 5.19. The van der Waals surface area contributed by atoms with Crippen molar-refractivity contribution < 1.29 is 9.13 Å². The third kappa shape index (κ3) is 2.98. The van der Waals surface area contributed by atoms with Crippen molar-refractivity contribution in [2.24, 2.45) is 0 Å². The largest absolute Gasteiger partial charge is 0.457 e. The monoisotopic (exact) mass is 250 g/mol. The van der Waals surface area contributed by atoms with Gasteiger partial charge in [0.15, 0.2) is 0 Å². The van der Waals surface area contributed by atoms with Crippen molar-refractivity contribution in [3.63, 3.8) is 0 Å². The van der Waals surface area contributed by atoms with Gasteiger partial charge in [-0.05, 0) is 48.4 Å². The van der Waals surface area contributed by atoms with Crippen molar-refractivity contribution in [1.82, 2.24) is 0 Å². The number of benzene rings is 2. The van der Waals surface area contributed by atoms with E-state index in [9.17, 15) is 4.39 Å². The molecule has 0 unspecified atom stereocenters. The molecule has 0 aromatic heterocycles. The summed E-state index contributed by atoms with van der Waals surface area (Å²) >= 11 is 5.75. The van der Waals surface area contributed by atoms with Gasteiger partial charge in [0, 0.05) is 5.88 Å². The quantitative estimate of drug-likeness (QED) is 0.720. The molecular formula is C14H12ClFO. The number of ether oxygens (including phenoxy) is 1. The maximum atomic E-state index is 12.7. The van der Waals surface area contributed by atoms with Crippen LogP contribution < -0.4 is 4.74 Å². The molecule has 0 aliphatic heterocycles. The summed E-state index contributed by atoms with van der Waals surface area (Å²) in [5.74, 6) is 1.59. The van der Waals surface area contributed by atoms with Gasteiger partial charge in [0.2, 0.25) is 0 Å². The number of hydrogen-bond donors (Lipinski definition) is 0. The fourth-order valence-electron chi connectivity index (χ4n) is 1.54. The summed E-state index contributed by atoms with van der Waals surface area (Å²) in [5.41, 5.74) is 2.06. The fourth-order valence-corrected chi connectivity index (χ4v) is 1.70. The van der Waals surface area contributed by atoms with E-state index in [1.165, 1.54) is 12.1 Å². The molecule has 2 aromatic rings. The van der Waals surface area contributed by atoms with Gasteiger partial charge in [-0.3, -0.25) is 0 Å². The number of hydrogen-bond acceptors (Lipinski definition) is 1. The molecule has 0 saturated heterocycles. The minimum Gasteiger partial charge on any atom is -0.457 e. The molecule has 0 spiro atoms. The molecule has 0 fully saturated rings. The van der Waals surface area contributed by atoms with E-state index in [1.54, 1.807) is 12.1 Å². The zero-order chi connectivity index (χ0) is 12.3. The minimum absolute atomic E-state index is 0.272. The van der Waals surface area contributed by atoms with E-state index in [0.717, 1.165) is 16.9 Å². The molecule has 0 heterocycles. The van der Waals surface area contributed by atoms with E-state index in [-0.39, 0.29) is 5.82 Å². The zero-order valence-electron chi connectivity index (χ0n) is 9.41. The van der Waals surface area contributed by atoms with Crippen molar-refractivity contribution in [2.75, 3.05) is 0 Å². The molecule has 0 saturated carbocycles. The highest BCUT2D eigenvalue weighted by Crippen LogP contribution is 2.26. The summed E-state index contributed by atoms with van der Waals surface area (Å²) in [4.78, 5) is 0. The molecule has 3 heteroatoms. The third-order valence-electron chi connectivity index (χ3n) is 2.44. The number of rotatable bonds is 3. The summed E-state index contributed by atoms with van der Waals surface area (Å²) in [6.07, 6.45) is 0. The summed E-state index contributed by atoms with van der Waals surface area (Å²) in [6.45, 7) is 1.95. The van der Waals surface area contributed by atoms with Gasteiger partial charge in [-0.1, -0.05) is 12.1 Å².